The van der Waals surface area contributed by atoms with Crippen LogP contribution in [0.1, 0.15) is 69.9 Å². The van der Waals surface area contributed by atoms with Gasteiger partial charge in [-0.25, -0.2) is 9.52 Å². The van der Waals surface area contributed by atoms with Crippen molar-refractivity contribution in [1.82, 2.24) is 9.03 Å². The minimum atomic E-state index is -3.83. The molecule has 1 saturated heterocycles. The van der Waals surface area contributed by atoms with Crippen molar-refractivity contribution in [1.29, 1.82) is 0 Å². The summed E-state index contributed by atoms with van der Waals surface area (Å²) < 4.78 is 28.3. The van der Waals surface area contributed by atoms with Gasteiger partial charge in [0.25, 0.3) is 0 Å². The summed E-state index contributed by atoms with van der Waals surface area (Å²) >= 11 is 6.22. The highest BCUT2D eigenvalue weighted by molar-refractivity contribution is 7.87. The van der Waals surface area contributed by atoms with Crippen LogP contribution in [0.3, 0.4) is 0 Å². The van der Waals surface area contributed by atoms with Crippen LogP contribution in [0.2, 0.25) is 5.02 Å². The summed E-state index contributed by atoms with van der Waals surface area (Å²) in [7, 11) is -3.83. The van der Waals surface area contributed by atoms with Crippen molar-refractivity contribution >= 4 is 33.5 Å². The molecule has 0 aromatic heterocycles. The first-order chi connectivity index (χ1) is 12.1. The lowest BCUT2D eigenvalue weighted by Gasteiger charge is -2.26. The van der Waals surface area contributed by atoms with Crippen LogP contribution in [0.5, 0.6) is 0 Å². The maximum atomic E-state index is 12.4. The van der Waals surface area contributed by atoms with E-state index in [1.165, 1.54) is 4.31 Å². The van der Waals surface area contributed by atoms with E-state index in [0.717, 1.165) is 30.4 Å². The van der Waals surface area contributed by atoms with Gasteiger partial charge in [0.05, 0.1) is 0 Å². The lowest BCUT2D eigenvalue weighted by Crippen LogP contribution is -2.47. The summed E-state index contributed by atoms with van der Waals surface area (Å²) in [6, 6.07) is 2.88. The van der Waals surface area contributed by atoms with E-state index in [1.54, 1.807) is 0 Å². The minimum Gasteiger partial charge on any atom is -0.307 e. The van der Waals surface area contributed by atoms with Gasteiger partial charge in [-0.05, 0) is 47.9 Å². The van der Waals surface area contributed by atoms with Crippen molar-refractivity contribution in [2.45, 2.75) is 58.8 Å². The number of nitrogens with zero attached hydrogens (tertiary/aromatic N) is 1. The molecule has 1 aromatic rings. The topological polar surface area (TPSA) is 78.5 Å². The number of amides is 2. The first kappa shape index (κ1) is 21.0. The fourth-order valence-electron chi connectivity index (χ4n) is 3.13. The predicted molar refractivity (Wildman–Crippen MR) is 106 cm³/mol. The molecule has 0 saturated carbocycles. The number of carbonyl (C=O) groups excluding carboxylic acids is 1. The highest BCUT2D eigenvalue weighted by Crippen LogP contribution is 2.35. The number of halogens is 1. The summed E-state index contributed by atoms with van der Waals surface area (Å²) in [5.74, 6) is 0.250. The normalized spacial score (nSPS) is 16.1. The van der Waals surface area contributed by atoms with Gasteiger partial charge < -0.3 is 5.32 Å². The highest BCUT2D eigenvalue weighted by atomic mass is 35.5. The molecule has 1 aliphatic heterocycles. The molecule has 1 fully saturated rings. The average Bonchev–Trinajstić information content (AvgIpc) is 2.56. The highest BCUT2D eigenvalue weighted by Gasteiger charge is 2.26. The molecule has 8 heteroatoms. The number of carbonyl (C=O) groups is 1. The van der Waals surface area contributed by atoms with E-state index in [9.17, 15) is 13.2 Å². The van der Waals surface area contributed by atoms with Gasteiger partial charge in [-0.3, -0.25) is 0 Å². The molecule has 0 spiro atoms. The molecule has 0 bridgehead atoms. The van der Waals surface area contributed by atoms with Crippen LogP contribution >= 0.6 is 11.6 Å². The maximum absolute atomic E-state index is 12.4. The zero-order chi connectivity index (χ0) is 19.5. The first-order valence-corrected chi connectivity index (χ1v) is 10.9. The van der Waals surface area contributed by atoms with E-state index in [2.05, 4.69) is 10.0 Å². The monoisotopic (exact) mass is 401 g/mol. The molecule has 0 unspecified atom stereocenters. The van der Waals surface area contributed by atoms with Gasteiger partial charge in [-0.2, -0.15) is 12.7 Å². The largest absolute Gasteiger partial charge is 0.333 e. The number of benzene rings is 1. The van der Waals surface area contributed by atoms with E-state index >= 15 is 0 Å². The zero-order valence-corrected chi connectivity index (χ0v) is 17.4. The van der Waals surface area contributed by atoms with E-state index in [0.29, 0.717) is 23.8 Å². The predicted octanol–water partition coefficient (Wildman–Crippen LogP) is 4.44. The average molecular weight is 402 g/mol. The Balaban J connectivity index is 2.25. The standard InChI is InChI=1S/C18H28ClN3O3S/c1-12(2)15-10-14(19)11-16(13(3)4)17(15)20-18(23)21-26(24,25)22-8-6-5-7-9-22/h10-13H,5-9H2,1-4H3,(H2,20,21,23). The Kier molecular flexibility index (Phi) is 6.93. The molecule has 26 heavy (non-hydrogen) atoms. The van der Waals surface area contributed by atoms with Crippen molar-refractivity contribution in [3.05, 3.63) is 28.3 Å². The van der Waals surface area contributed by atoms with Crippen molar-refractivity contribution < 1.29 is 13.2 Å². The SMILES string of the molecule is CC(C)c1cc(Cl)cc(C(C)C)c1NC(=O)NS(=O)(=O)N1CCCCC1. The van der Waals surface area contributed by atoms with E-state index in [1.807, 2.05) is 39.8 Å². The Morgan fingerprint density at radius 2 is 1.54 bits per heavy atom. The third-order valence-electron chi connectivity index (χ3n) is 4.52. The Labute approximate surface area is 161 Å². The molecule has 0 aliphatic carbocycles. The van der Waals surface area contributed by atoms with Crippen LogP contribution < -0.4 is 10.0 Å². The number of rotatable bonds is 5. The van der Waals surface area contributed by atoms with Gasteiger partial charge in [0.2, 0.25) is 0 Å². The first-order valence-electron chi connectivity index (χ1n) is 9.04. The van der Waals surface area contributed by atoms with Crippen LogP contribution in [0.4, 0.5) is 10.5 Å². The molecule has 1 heterocycles. The lowest BCUT2D eigenvalue weighted by molar-refractivity contribution is 0.255. The molecule has 0 radical (unpaired) electrons. The Morgan fingerprint density at radius 1 is 1.04 bits per heavy atom. The zero-order valence-electron chi connectivity index (χ0n) is 15.8. The van der Waals surface area contributed by atoms with Gasteiger partial charge in [-0.1, -0.05) is 45.7 Å². The van der Waals surface area contributed by atoms with Gasteiger partial charge in [0.15, 0.2) is 0 Å². The fourth-order valence-corrected chi connectivity index (χ4v) is 4.52. The summed E-state index contributed by atoms with van der Waals surface area (Å²) in [6.45, 7) is 8.90. The Hall–Kier alpha value is -1.31. The van der Waals surface area contributed by atoms with E-state index < -0.39 is 16.2 Å². The summed E-state index contributed by atoms with van der Waals surface area (Å²) in [6.07, 6.45) is 2.64. The number of hydrogen-bond acceptors (Lipinski definition) is 3. The van der Waals surface area contributed by atoms with Gasteiger partial charge in [0.1, 0.15) is 0 Å². The molecule has 0 atom stereocenters. The maximum Gasteiger partial charge on any atom is 0.333 e. The third kappa shape index (κ3) is 5.11. The van der Waals surface area contributed by atoms with Crippen molar-refractivity contribution in [2.24, 2.45) is 0 Å². The van der Waals surface area contributed by atoms with E-state index in [-0.39, 0.29) is 11.8 Å². The molecule has 146 valence electrons. The number of urea groups is 1. The van der Waals surface area contributed by atoms with Gasteiger partial charge in [-0.15, -0.1) is 0 Å². The summed E-state index contributed by atoms with van der Waals surface area (Å²) in [5, 5.41) is 3.35. The van der Waals surface area contributed by atoms with Crippen molar-refractivity contribution in [2.75, 3.05) is 18.4 Å². The summed E-state index contributed by atoms with van der Waals surface area (Å²) in [5.41, 5.74) is 2.39. The molecule has 2 N–H and O–H groups in total. The summed E-state index contributed by atoms with van der Waals surface area (Å²) in [4.78, 5) is 12.4. The lowest BCUT2D eigenvalue weighted by atomic mass is 9.92. The molecular weight excluding hydrogens is 374 g/mol. The number of piperidine rings is 1. The second-order valence-electron chi connectivity index (χ2n) is 7.29. The van der Waals surface area contributed by atoms with Crippen LogP contribution in [0.25, 0.3) is 0 Å². The molecule has 2 amide bonds. The van der Waals surface area contributed by atoms with Crippen molar-refractivity contribution in [3.63, 3.8) is 0 Å². The van der Waals surface area contributed by atoms with Gasteiger partial charge >= 0.3 is 16.2 Å². The van der Waals surface area contributed by atoms with Gasteiger partial charge in [0, 0.05) is 23.8 Å². The molecule has 2 rings (SSSR count). The molecule has 6 nitrogen and oxygen atoms in total. The van der Waals surface area contributed by atoms with Crippen LogP contribution in [-0.4, -0.2) is 31.8 Å². The molecule has 1 aromatic carbocycles. The number of anilines is 1. The van der Waals surface area contributed by atoms with Crippen LogP contribution in [0.15, 0.2) is 12.1 Å². The Morgan fingerprint density at radius 3 is 2.00 bits per heavy atom. The Bertz CT molecular complexity index is 728. The fraction of sp³-hybridized carbons (Fsp3) is 0.611. The quantitative estimate of drug-likeness (QED) is 0.765. The second-order valence-corrected chi connectivity index (χ2v) is 9.40. The smallest absolute Gasteiger partial charge is 0.307 e. The van der Waals surface area contributed by atoms with Crippen LogP contribution in [0, 0.1) is 0 Å². The second kappa shape index (κ2) is 8.59. The molecular formula is C18H28ClN3O3S. The molecule has 1 aliphatic rings. The van der Waals surface area contributed by atoms with Crippen molar-refractivity contribution in [3.8, 4) is 0 Å². The number of nitrogens with one attached hydrogen (secondary N) is 2. The van der Waals surface area contributed by atoms with E-state index in [4.69, 9.17) is 11.6 Å². The number of hydrogen-bond donors (Lipinski definition) is 2. The van der Waals surface area contributed by atoms with Crippen LogP contribution in [-0.2, 0) is 10.2 Å². The third-order valence-corrected chi connectivity index (χ3v) is 6.23. The minimum absolute atomic E-state index is 0.125.